The number of methoxy groups -OCH3 is 2. The molecule has 0 aliphatic rings. The van der Waals surface area contributed by atoms with Crippen LogP contribution in [-0.4, -0.2) is 20.3 Å². The van der Waals surface area contributed by atoms with Crippen molar-refractivity contribution < 1.29 is 18.9 Å². The fourth-order valence-electron chi connectivity index (χ4n) is 3.85. The van der Waals surface area contributed by atoms with Crippen LogP contribution in [0.25, 0.3) is 0 Å². The summed E-state index contributed by atoms with van der Waals surface area (Å²) in [5.41, 5.74) is 3.48. The highest BCUT2D eigenvalue weighted by Gasteiger charge is 2.15. The molecule has 0 unspecified atom stereocenters. The Morgan fingerprint density at radius 1 is 0.706 bits per heavy atom. The summed E-state index contributed by atoms with van der Waals surface area (Å²) < 4.78 is 23.1. The quantitative estimate of drug-likeness (QED) is 0.223. The van der Waals surface area contributed by atoms with Crippen molar-refractivity contribution in [3.8, 4) is 11.5 Å². The molecule has 3 aromatic rings. The minimum absolute atomic E-state index is 0.0364. The Morgan fingerprint density at radius 2 is 1.26 bits per heavy atom. The first kappa shape index (κ1) is 25.5. The average molecular weight is 461 g/mol. The molecular weight excluding hydrogens is 424 g/mol. The SMILES string of the molecule is C=CC[C@H](CCC[C@H](OCc1ccc(OC)cc1)c1ccccc1)OCc1ccc(OC)cc1. The lowest BCUT2D eigenvalue weighted by Crippen LogP contribution is -2.13. The van der Waals surface area contributed by atoms with Crippen molar-refractivity contribution >= 4 is 0 Å². The van der Waals surface area contributed by atoms with E-state index in [1.807, 2.05) is 60.7 Å². The smallest absolute Gasteiger partial charge is 0.118 e. The highest BCUT2D eigenvalue weighted by Crippen LogP contribution is 2.27. The lowest BCUT2D eigenvalue weighted by atomic mass is 10.0. The Labute approximate surface area is 204 Å². The first-order chi connectivity index (χ1) is 16.7. The van der Waals surface area contributed by atoms with Gasteiger partial charge in [-0.3, -0.25) is 0 Å². The van der Waals surface area contributed by atoms with Crippen molar-refractivity contribution in [2.45, 2.75) is 51.1 Å². The predicted octanol–water partition coefficient (Wildman–Crippen LogP) is 7.29. The Hall–Kier alpha value is -3.08. The van der Waals surface area contributed by atoms with E-state index in [1.165, 1.54) is 5.56 Å². The van der Waals surface area contributed by atoms with Crippen molar-refractivity contribution in [2.75, 3.05) is 14.2 Å². The van der Waals surface area contributed by atoms with Gasteiger partial charge in [0.25, 0.3) is 0 Å². The fourth-order valence-corrected chi connectivity index (χ4v) is 3.85. The zero-order valence-electron chi connectivity index (χ0n) is 20.3. The summed E-state index contributed by atoms with van der Waals surface area (Å²) >= 11 is 0. The lowest BCUT2D eigenvalue weighted by molar-refractivity contribution is 0.0161. The van der Waals surface area contributed by atoms with Gasteiger partial charge in [-0.2, -0.15) is 0 Å². The minimum atomic E-state index is 0.0364. The van der Waals surface area contributed by atoms with Crippen LogP contribution in [0.15, 0.2) is 91.5 Å². The molecule has 2 atom stereocenters. The number of ether oxygens (including phenoxy) is 4. The van der Waals surface area contributed by atoms with Crippen molar-refractivity contribution in [2.24, 2.45) is 0 Å². The van der Waals surface area contributed by atoms with Crippen LogP contribution < -0.4 is 9.47 Å². The largest absolute Gasteiger partial charge is 0.497 e. The van der Waals surface area contributed by atoms with E-state index in [1.54, 1.807) is 14.2 Å². The Bertz CT molecular complexity index is 951. The van der Waals surface area contributed by atoms with Gasteiger partial charge < -0.3 is 18.9 Å². The number of hydrogen-bond donors (Lipinski definition) is 0. The number of rotatable bonds is 15. The summed E-state index contributed by atoms with van der Waals surface area (Å²) in [5, 5.41) is 0. The second kappa shape index (κ2) is 14.2. The molecule has 0 aliphatic heterocycles. The molecular formula is C30H36O4. The molecule has 0 aromatic heterocycles. The molecule has 0 heterocycles. The minimum Gasteiger partial charge on any atom is -0.497 e. The van der Waals surface area contributed by atoms with Crippen LogP contribution in [0.3, 0.4) is 0 Å². The van der Waals surface area contributed by atoms with Gasteiger partial charge >= 0.3 is 0 Å². The van der Waals surface area contributed by atoms with Crippen molar-refractivity contribution in [1.82, 2.24) is 0 Å². The van der Waals surface area contributed by atoms with E-state index >= 15 is 0 Å². The standard InChI is InChI=1S/C30H36O4/c1-4-9-29(33-22-24-14-18-27(31-2)19-15-24)12-8-13-30(26-10-6-5-7-11-26)34-23-25-16-20-28(32-3)21-17-25/h4-7,10-11,14-21,29-30H,1,8-9,12-13,22-23H2,2-3H3/t29-,30+/m1/s1. The molecule has 0 saturated carbocycles. The van der Waals surface area contributed by atoms with Gasteiger partial charge in [-0.1, -0.05) is 60.7 Å². The van der Waals surface area contributed by atoms with Gasteiger partial charge in [0.15, 0.2) is 0 Å². The van der Waals surface area contributed by atoms with E-state index in [0.717, 1.165) is 48.3 Å². The third-order valence-electron chi connectivity index (χ3n) is 5.85. The van der Waals surface area contributed by atoms with Crippen molar-refractivity contribution in [1.29, 1.82) is 0 Å². The van der Waals surface area contributed by atoms with E-state index in [9.17, 15) is 0 Å². The normalized spacial score (nSPS) is 12.6. The first-order valence-corrected chi connectivity index (χ1v) is 11.9. The van der Waals surface area contributed by atoms with Gasteiger partial charge in [-0.25, -0.2) is 0 Å². The van der Waals surface area contributed by atoms with E-state index < -0.39 is 0 Å². The average Bonchev–Trinajstić information content (AvgIpc) is 2.90. The lowest BCUT2D eigenvalue weighted by Gasteiger charge is -2.21. The molecule has 4 nitrogen and oxygen atoms in total. The third-order valence-corrected chi connectivity index (χ3v) is 5.85. The van der Waals surface area contributed by atoms with Crippen LogP contribution in [0.5, 0.6) is 11.5 Å². The molecule has 0 amide bonds. The van der Waals surface area contributed by atoms with Crippen molar-refractivity contribution in [3.05, 3.63) is 108 Å². The molecule has 0 fully saturated rings. The molecule has 0 radical (unpaired) electrons. The summed E-state index contributed by atoms with van der Waals surface area (Å²) in [5.74, 6) is 1.71. The maximum Gasteiger partial charge on any atom is 0.118 e. The molecule has 0 N–H and O–H groups in total. The molecule has 0 bridgehead atoms. The summed E-state index contributed by atoms with van der Waals surface area (Å²) in [6.07, 6.45) is 5.83. The van der Waals surface area contributed by atoms with Gasteiger partial charge in [-0.05, 0) is 66.6 Å². The maximum absolute atomic E-state index is 6.37. The molecule has 0 aliphatic carbocycles. The topological polar surface area (TPSA) is 36.9 Å². The van der Waals surface area contributed by atoms with Crippen molar-refractivity contribution in [3.63, 3.8) is 0 Å². The van der Waals surface area contributed by atoms with Crippen LogP contribution in [0, 0.1) is 0 Å². The monoisotopic (exact) mass is 460 g/mol. The van der Waals surface area contributed by atoms with Crippen LogP contribution >= 0.6 is 0 Å². The van der Waals surface area contributed by atoms with Crippen LogP contribution in [0.4, 0.5) is 0 Å². The van der Waals surface area contributed by atoms with Gasteiger partial charge in [0.2, 0.25) is 0 Å². The van der Waals surface area contributed by atoms with Crippen LogP contribution in [-0.2, 0) is 22.7 Å². The Kier molecular flexibility index (Phi) is 10.7. The summed E-state index contributed by atoms with van der Waals surface area (Å²) in [6, 6.07) is 26.5. The van der Waals surface area contributed by atoms with E-state index in [2.05, 4.69) is 30.8 Å². The third kappa shape index (κ3) is 8.36. The molecule has 0 spiro atoms. The molecule has 4 heteroatoms. The number of benzene rings is 3. The zero-order valence-corrected chi connectivity index (χ0v) is 20.3. The highest BCUT2D eigenvalue weighted by molar-refractivity contribution is 5.27. The fraction of sp³-hybridized carbons (Fsp3) is 0.333. The van der Waals surface area contributed by atoms with Crippen LogP contribution in [0.2, 0.25) is 0 Å². The highest BCUT2D eigenvalue weighted by atomic mass is 16.5. The number of hydrogen-bond acceptors (Lipinski definition) is 4. The van der Waals surface area contributed by atoms with Gasteiger partial charge in [0.05, 0.1) is 39.6 Å². The molecule has 3 rings (SSSR count). The first-order valence-electron chi connectivity index (χ1n) is 11.9. The summed E-state index contributed by atoms with van der Waals surface area (Å²) in [4.78, 5) is 0. The zero-order chi connectivity index (χ0) is 24.0. The molecule has 3 aromatic carbocycles. The van der Waals surface area contributed by atoms with E-state index in [-0.39, 0.29) is 12.2 Å². The molecule has 0 saturated heterocycles. The Balaban J connectivity index is 1.53. The van der Waals surface area contributed by atoms with E-state index in [0.29, 0.717) is 13.2 Å². The van der Waals surface area contributed by atoms with Gasteiger partial charge in [0, 0.05) is 0 Å². The predicted molar refractivity (Wildman–Crippen MR) is 137 cm³/mol. The summed E-state index contributed by atoms with van der Waals surface area (Å²) in [6.45, 7) is 5.06. The van der Waals surface area contributed by atoms with Gasteiger partial charge in [-0.15, -0.1) is 6.58 Å². The van der Waals surface area contributed by atoms with Crippen LogP contribution in [0.1, 0.15) is 48.5 Å². The van der Waals surface area contributed by atoms with E-state index in [4.69, 9.17) is 18.9 Å². The maximum atomic E-state index is 6.37. The Morgan fingerprint density at radius 3 is 1.79 bits per heavy atom. The second-order valence-electron chi connectivity index (χ2n) is 8.29. The molecule has 180 valence electrons. The van der Waals surface area contributed by atoms with Gasteiger partial charge in [0.1, 0.15) is 11.5 Å². The second-order valence-corrected chi connectivity index (χ2v) is 8.29. The molecule has 34 heavy (non-hydrogen) atoms. The summed E-state index contributed by atoms with van der Waals surface area (Å²) in [7, 11) is 3.35.